The highest BCUT2D eigenvalue weighted by atomic mass is 79.9. The van der Waals surface area contributed by atoms with E-state index in [4.69, 9.17) is 26.4 Å². The molecule has 1 aliphatic heterocycles. The van der Waals surface area contributed by atoms with Crippen molar-refractivity contribution in [2.24, 2.45) is 0 Å². The number of methoxy groups -OCH3 is 1. The molecule has 0 saturated carbocycles. The average molecular weight is 519 g/mol. The zero-order chi connectivity index (χ0) is 23.4. The van der Waals surface area contributed by atoms with Gasteiger partial charge in [-0.1, -0.05) is 0 Å². The Morgan fingerprint density at radius 1 is 1.19 bits per heavy atom. The summed E-state index contributed by atoms with van der Waals surface area (Å²) in [4.78, 5) is 27.1. The molecule has 32 heavy (non-hydrogen) atoms. The summed E-state index contributed by atoms with van der Waals surface area (Å²) in [6.45, 7) is 6.13. The van der Waals surface area contributed by atoms with Gasteiger partial charge in [-0.3, -0.25) is 19.8 Å². The van der Waals surface area contributed by atoms with Crippen molar-refractivity contribution in [2.45, 2.75) is 26.9 Å². The smallest absolute Gasteiger partial charge is 0.270 e. The molecule has 0 aromatic heterocycles. The molecule has 9 heteroatoms. The molecular weight excluding hydrogens is 496 g/mol. The molecule has 2 amide bonds. The first kappa shape index (κ1) is 23.7. The van der Waals surface area contributed by atoms with E-state index in [0.29, 0.717) is 39.6 Å². The fourth-order valence-corrected chi connectivity index (χ4v) is 3.91. The average Bonchev–Trinajstić information content (AvgIpc) is 2.74. The molecule has 1 aliphatic rings. The second-order valence-electron chi connectivity index (χ2n) is 7.09. The third kappa shape index (κ3) is 5.11. The molecule has 7 nitrogen and oxygen atoms in total. The molecule has 1 fully saturated rings. The van der Waals surface area contributed by atoms with Crippen LogP contribution < -0.4 is 24.4 Å². The molecule has 1 saturated heterocycles. The van der Waals surface area contributed by atoms with E-state index in [-0.39, 0.29) is 16.8 Å². The fourth-order valence-electron chi connectivity index (χ4n) is 3.07. The van der Waals surface area contributed by atoms with Crippen LogP contribution in [-0.2, 0) is 9.59 Å². The van der Waals surface area contributed by atoms with Crippen LogP contribution in [0.15, 0.2) is 46.4 Å². The Kier molecular flexibility index (Phi) is 7.52. The van der Waals surface area contributed by atoms with Gasteiger partial charge in [0.25, 0.3) is 11.8 Å². The summed E-state index contributed by atoms with van der Waals surface area (Å²) in [6.07, 6.45) is 1.45. The lowest BCUT2D eigenvalue weighted by atomic mass is 10.1. The Morgan fingerprint density at radius 3 is 2.47 bits per heavy atom. The van der Waals surface area contributed by atoms with Crippen molar-refractivity contribution < 1.29 is 23.8 Å². The summed E-state index contributed by atoms with van der Waals surface area (Å²) < 4.78 is 17.4. The van der Waals surface area contributed by atoms with Crippen LogP contribution in [0.1, 0.15) is 26.3 Å². The van der Waals surface area contributed by atoms with E-state index < -0.39 is 11.8 Å². The van der Waals surface area contributed by atoms with E-state index in [9.17, 15) is 9.59 Å². The monoisotopic (exact) mass is 518 g/mol. The molecule has 1 heterocycles. The van der Waals surface area contributed by atoms with Gasteiger partial charge in [-0.2, -0.15) is 0 Å². The van der Waals surface area contributed by atoms with Gasteiger partial charge in [0.1, 0.15) is 11.3 Å². The van der Waals surface area contributed by atoms with Crippen molar-refractivity contribution in [3.63, 3.8) is 0 Å². The Morgan fingerprint density at radius 2 is 1.88 bits per heavy atom. The number of rotatable bonds is 7. The van der Waals surface area contributed by atoms with Crippen LogP contribution in [0.5, 0.6) is 17.2 Å². The van der Waals surface area contributed by atoms with Gasteiger partial charge in [0.05, 0.1) is 30.0 Å². The molecular formula is C23H23BrN2O5S. The van der Waals surface area contributed by atoms with Gasteiger partial charge in [0, 0.05) is 0 Å². The maximum Gasteiger partial charge on any atom is 0.270 e. The quantitative estimate of drug-likeness (QED) is 0.331. The summed E-state index contributed by atoms with van der Waals surface area (Å²) in [5.74, 6) is 0.612. The van der Waals surface area contributed by atoms with E-state index >= 15 is 0 Å². The number of hydrogen-bond acceptors (Lipinski definition) is 6. The molecule has 0 bridgehead atoms. The van der Waals surface area contributed by atoms with Crippen LogP contribution in [0.4, 0.5) is 5.69 Å². The van der Waals surface area contributed by atoms with Gasteiger partial charge in [-0.25, -0.2) is 0 Å². The topological polar surface area (TPSA) is 77.1 Å². The Labute approximate surface area is 200 Å². The molecule has 3 rings (SSSR count). The Hall–Kier alpha value is -2.91. The Bertz CT molecular complexity index is 1080. The lowest BCUT2D eigenvalue weighted by Crippen LogP contribution is -2.54. The molecule has 0 spiro atoms. The molecule has 0 atom stereocenters. The van der Waals surface area contributed by atoms with Crippen molar-refractivity contribution in [1.82, 2.24) is 5.32 Å². The summed E-state index contributed by atoms with van der Waals surface area (Å²) in [5, 5.41) is 2.59. The third-order valence-corrected chi connectivity index (χ3v) is 5.30. The second kappa shape index (κ2) is 10.1. The van der Waals surface area contributed by atoms with Crippen molar-refractivity contribution in [3.8, 4) is 17.2 Å². The number of carbonyl (C=O) groups is 2. The Balaban J connectivity index is 2.01. The highest BCUT2D eigenvalue weighted by Gasteiger charge is 2.34. The number of benzene rings is 2. The number of thiocarbonyl (C=S) groups is 1. The highest BCUT2D eigenvalue weighted by molar-refractivity contribution is 9.10. The van der Waals surface area contributed by atoms with E-state index in [1.165, 1.54) is 11.0 Å². The van der Waals surface area contributed by atoms with Crippen LogP contribution in [0.25, 0.3) is 6.08 Å². The molecule has 0 aliphatic carbocycles. The minimum atomic E-state index is -0.568. The van der Waals surface area contributed by atoms with Gasteiger partial charge < -0.3 is 14.2 Å². The maximum atomic E-state index is 13.2. The zero-order valence-electron chi connectivity index (χ0n) is 18.1. The lowest BCUT2D eigenvalue weighted by Gasteiger charge is -2.29. The number of amides is 2. The molecule has 1 N–H and O–H groups in total. The minimum Gasteiger partial charge on any atom is -0.497 e. The number of halogens is 1. The predicted octanol–water partition coefficient (Wildman–Crippen LogP) is 4.47. The van der Waals surface area contributed by atoms with Crippen LogP contribution >= 0.6 is 28.1 Å². The van der Waals surface area contributed by atoms with Crippen LogP contribution in [-0.4, -0.2) is 36.7 Å². The third-order valence-electron chi connectivity index (χ3n) is 4.43. The van der Waals surface area contributed by atoms with Crippen LogP contribution in [0.2, 0.25) is 0 Å². The summed E-state index contributed by atoms with van der Waals surface area (Å²) in [7, 11) is 1.55. The summed E-state index contributed by atoms with van der Waals surface area (Å²) in [5.41, 5.74) is 1.06. The van der Waals surface area contributed by atoms with E-state index in [1.54, 1.807) is 43.5 Å². The minimum absolute atomic E-state index is 0.0131. The fraction of sp³-hybridized carbons (Fsp3) is 0.261. The van der Waals surface area contributed by atoms with Crippen LogP contribution in [0, 0.1) is 0 Å². The number of nitrogens with one attached hydrogen (secondary N) is 1. The number of carbonyl (C=O) groups excluding carboxylic acids is 2. The first-order chi connectivity index (χ1) is 15.2. The standard InChI is InChI=1S/C23H23BrN2O5S/c1-5-30-19-12-14(11-18(24)20(19)31-13(2)3)10-17-21(27)25-23(32)26(22(17)28)15-6-8-16(29-4)9-7-15/h6-13H,5H2,1-4H3,(H,25,27,32)/b17-10+. The first-order valence-electron chi connectivity index (χ1n) is 9.93. The largest absolute Gasteiger partial charge is 0.497 e. The predicted molar refractivity (Wildman–Crippen MR) is 130 cm³/mol. The van der Waals surface area contributed by atoms with E-state index in [0.717, 1.165) is 0 Å². The molecule has 0 radical (unpaired) electrons. The first-order valence-corrected chi connectivity index (χ1v) is 11.1. The second-order valence-corrected chi connectivity index (χ2v) is 8.33. The zero-order valence-corrected chi connectivity index (χ0v) is 20.5. The number of ether oxygens (including phenoxy) is 3. The van der Waals surface area contributed by atoms with Crippen molar-refractivity contribution in [3.05, 3.63) is 52.0 Å². The molecule has 2 aromatic rings. The summed E-state index contributed by atoms with van der Waals surface area (Å²) in [6, 6.07) is 10.3. The molecule has 0 unspecified atom stereocenters. The van der Waals surface area contributed by atoms with E-state index in [1.807, 2.05) is 20.8 Å². The lowest BCUT2D eigenvalue weighted by molar-refractivity contribution is -0.122. The van der Waals surface area contributed by atoms with Gasteiger partial charge in [0.2, 0.25) is 0 Å². The SMILES string of the molecule is CCOc1cc(/C=C2\C(=O)NC(=S)N(c3ccc(OC)cc3)C2=O)cc(Br)c1OC(C)C. The molecule has 168 valence electrons. The van der Waals surface area contributed by atoms with Crippen molar-refractivity contribution in [2.75, 3.05) is 18.6 Å². The van der Waals surface area contributed by atoms with Crippen molar-refractivity contribution in [1.29, 1.82) is 0 Å². The van der Waals surface area contributed by atoms with Gasteiger partial charge in [-0.15, -0.1) is 0 Å². The maximum absolute atomic E-state index is 13.2. The normalized spacial score (nSPS) is 15.2. The van der Waals surface area contributed by atoms with Gasteiger partial charge in [0.15, 0.2) is 16.6 Å². The van der Waals surface area contributed by atoms with Crippen molar-refractivity contribution >= 4 is 56.8 Å². The number of anilines is 1. The van der Waals surface area contributed by atoms with Gasteiger partial charge >= 0.3 is 0 Å². The number of nitrogens with zero attached hydrogens (tertiary/aromatic N) is 1. The van der Waals surface area contributed by atoms with Gasteiger partial charge in [-0.05, 0) is 97.0 Å². The summed E-state index contributed by atoms with van der Waals surface area (Å²) >= 11 is 8.75. The van der Waals surface area contributed by atoms with E-state index in [2.05, 4.69) is 21.2 Å². The highest BCUT2D eigenvalue weighted by Crippen LogP contribution is 2.38. The molecule has 2 aromatic carbocycles. The van der Waals surface area contributed by atoms with Crippen LogP contribution in [0.3, 0.4) is 0 Å². The number of hydrogen-bond donors (Lipinski definition) is 1.